The predicted molar refractivity (Wildman–Crippen MR) is 72.9 cm³/mol. The molecule has 0 fully saturated rings. The van der Waals surface area contributed by atoms with Crippen molar-refractivity contribution in [3.05, 3.63) is 63.9 Å². The van der Waals surface area contributed by atoms with Crippen molar-refractivity contribution in [2.24, 2.45) is 5.73 Å². The summed E-state index contributed by atoms with van der Waals surface area (Å²) in [5.74, 6) is 5.43. The molecule has 0 aliphatic heterocycles. The van der Waals surface area contributed by atoms with Crippen molar-refractivity contribution in [1.29, 1.82) is 0 Å². The van der Waals surface area contributed by atoms with Crippen LogP contribution in [0.5, 0.6) is 0 Å². The molecule has 1 heterocycles. The van der Waals surface area contributed by atoms with Crippen LogP contribution in [-0.2, 0) is 0 Å². The van der Waals surface area contributed by atoms with E-state index in [1.807, 2.05) is 24.3 Å². The summed E-state index contributed by atoms with van der Waals surface area (Å²) in [6.07, 6.45) is 3.02. The summed E-state index contributed by atoms with van der Waals surface area (Å²) in [5, 5.41) is 0. The summed E-state index contributed by atoms with van der Waals surface area (Å²) >= 11 is 3.36. The molecule has 0 aliphatic carbocycles. The molecule has 1 aromatic heterocycles. The first-order chi connectivity index (χ1) is 8.65. The Labute approximate surface area is 113 Å². The third-order valence-electron chi connectivity index (χ3n) is 2.22. The molecule has 0 radical (unpaired) electrons. The Morgan fingerprint density at radius 1 is 1.11 bits per heavy atom. The van der Waals surface area contributed by atoms with Gasteiger partial charge in [0.2, 0.25) is 5.91 Å². The fourth-order valence-corrected chi connectivity index (χ4v) is 1.58. The maximum Gasteiger partial charge on any atom is 0.250 e. The fraction of sp³-hybridized carbons (Fsp3) is 0. The van der Waals surface area contributed by atoms with E-state index in [-0.39, 0.29) is 0 Å². The minimum absolute atomic E-state index is 0.359. The van der Waals surface area contributed by atoms with Crippen molar-refractivity contribution in [2.75, 3.05) is 0 Å². The number of benzene rings is 1. The van der Waals surface area contributed by atoms with Gasteiger partial charge in [-0.2, -0.15) is 0 Å². The summed E-state index contributed by atoms with van der Waals surface area (Å²) in [6, 6.07) is 9.27. The van der Waals surface area contributed by atoms with Gasteiger partial charge in [-0.1, -0.05) is 27.8 Å². The first-order valence-electron chi connectivity index (χ1n) is 5.17. The topological polar surface area (TPSA) is 56.0 Å². The van der Waals surface area contributed by atoms with E-state index in [9.17, 15) is 4.79 Å². The number of carbonyl (C=O) groups is 1. The van der Waals surface area contributed by atoms with E-state index < -0.39 is 5.91 Å². The lowest BCUT2D eigenvalue weighted by Gasteiger charge is -1.95. The minimum atomic E-state index is -0.505. The molecule has 0 bridgehead atoms. The van der Waals surface area contributed by atoms with Crippen LogP contribution in [0.4, 0.5) is 0 Å². The molecule has 3 nitrogen and oxygen atoms in total. The van der Waals surface area contributed by atoms with E-state index in [1.54, 1.807) is 12.3 Å². The van der Waals surface area contributed by atoms with Crippen molar-refractivity contribution >= 4 is 21.8 Å². The van der Waals surface area contributed by atoms with Gasteiger partial charge in [0, 0.05) is 28.0 Å². The van der Waals surface area contributed by atoms with Gasteiger partial charge in [0.1, 0.15) is 0 Å². The molecule has 0 aliphatic rings. The summed E-state index contributed by atoms with van der Waals surface area (Å²) in [6.45, 7) is 0. The van der Waals surface area contributed by atoms with E-state index >= 15 is 0 Å². The lowest BCUT2D eigenvalue weighted by atomic mass is 10.2. The standard InChI is InChI=1S/C14H9BrN2O/c15-13-5-3-10(4-6-13)1-2-11-7-12(14(16)18)9-17-8-11/h3-9H,(H2,16,18). The second-order valence-corrected chi connectivity index (χ2v) is 4.50. The number of halogens is 1. The van der Waals surface area contributed by atoms with Crippen molar-refractivity contribution in [3.63, 3.8) is 0 Å². The molecule has 2 N–H and O–H groups in total. The molecule has 0 saturated carbocycles. The SMILES string of the molecule is NC(=O)c1cncc(C#Cc2ccc(Br)cc2)c1. The Morgan fingerprint density at radius 2 is 1.78 bits per heavy atom. The van der Waals surface area contributed by atoms with Crippen LogP contribution in [0, 0.1) is 11.8 Å². The monoisotopic (exact) mass is 300 g/mol. The molecular formula is C14H9BrN2O. The van der Waals surface area contributed by atoms with Gasteiger partial charge in [-0.15, -0.1) is 0 Å². The number of amides is 1. The van der Waals surface area contributed by atoms with Crippen LogP contribution in [-0.4, -0.2) is 10.9 Å². The maximum atomic E-state index is 11.0. The van der Waals surface area contributed by atoms with Gasteiger partial charge in [-0.25, -0.2) is 0 Å². The molecule has 0 atom stereocenters. The van der Waals surface area contributed by atoms with Crippen molar-refractivity contribution in [1.82, 2.24) is 4.98 Å². The van der Waals surface area contributed by atoms with Crippen molar-refractivity contribution in [2.45, 2.75) is 0 Å². The van der Waals surface area contributed by atoms with Gasteiger partial charge in [0.25, 0.3) is 0 Å². The van der Waals surface area contributed by atoms with Crippen LogP contribution in [0.15, 0.2) is 47.2 Å². The molecule has 88 valence electrons. The Kier molecular flexibility index (Phi) is 3.75. The number of hydrogen-bond donors (Lipinski definition) is 1. The number of nitrogens with zero attached hydrogens (tertiary/aromatic N) is 1. The van der Waals surface area contributed by atoms with E-state index in [1.165, 1.54) is 6.20 Å². The summed E-state index contributed by atoms with van der Waals surface area (Å²) in [7, 11) is 0. The Morgan fingerprint density at radius 3 is 2.44 bits per heavy atom. The van der Waals surface area contributed by atoms with Crippen LogP contribution in [0.1, 0.15) is 21.5 Å². The highest BCUT2D eigenvalue weighted by atomic mass is 79.9. The van der Waals surface area contributed by atoms with E-state index in [2.05, 4.69) is 32.8 Å². The van der Waals surface area contributed by atoms with Crippen LogP contribution >= 0.6 is 15.9 Å². The zero-order valence-electron chi connectivity index (χ0n) is 9.35. The Bertz CT molecular complexity index is 639. The summed E-state index contributed by atoms with van der Waals surface area (Å²) in [5.41, 5.74) is 7.09. The lowest BCUT2D eigenvalue weighted by molar-refractivity contribution is 0.1000. The fourth-order valence-electron chi connectivity index (χ4n) is 1.32. The smallest absolute Gasteiger partial charge is 0.250 e. The zero-order chi connectivity index (χ0) is 13.0. The molecule has 1 aromatic carbocycles. The summed E-state index contributed by atoms with van der Waals surface area (Å²) < 4.78 is 1.01. The van der Waals surface area contributed by atoms with Gasteiger partial charge in [0.15, 0.2) is 0 Å². The van der Waals surface area contributed by atoms with Gasteiger partial charge in [-0.3, -0.25) is 9.78 Å². The number of carbonyl (C=O) groups excluding carboxylic acids is 1. The highest BCUT2D eigenvalue weighted by Crippen LogP contribution is 2.09. The molecule has 2 rings (SSSR count). The first kappa shape index (κ1) is 12.3. The highest BCUT2D eigenvalue weighted by molar-refractivity contribution is 9.10. The number of primary amides is 1. The summed E-state index contributed by atoms with van der Waals surface area (Å²) in [4.78, 5) is 14.9. The van der Waals surface area contributed by atoms with Crippen LogP contribution in [0.2, 0.25) is 0 Å². The Hall–Kier alpha value is -2.12. The van der Waals surface area contributed by atoms with Gasteiger partial charge in [-0.05, 0) is 30.3 Å². The molecular weight excluding hydrogens is 292 g/mol. The molecule has 0 spiro atoms. The van der Waals surface area contributed by atoms with Crippen LogP contribution in [0.25, 0.3) is 0 Å². The highest BCUT2D eigenvalue weighted by Gasteiger charge is 2.00. The zero-order valence-corrected chi connectivity index (χ0v) is 10.9. The second kappa shape index (κ2) is 5.48. The number of nitrogens with two attached hydrogens (primary N) is 1. The van der Waals surface area contributed by atoms with Crippen LogP contribution < -0.4 is 5.73 Å². The normalized spacial score (nSPS) is 9.39. The van der Waals surface area contributed by atoms with E-state index in [0.717, 1.165) is 10.0 Å². The molecule has 18 heavy (non-hydrogen) atoms. The number of pyridine rings is 1. The maximum absolute atomic E-state index is 11.0. The average Bonchev–Trinajstić information content (AvgIpc) is 2.38. The minimum Gasteiger partial charge on any atom is -0.366 e. The van der Waals surface area contributed by atoms with Crippen molar-refractivity contribution < 1.29 is 4.79 Å². The molecule has 4 heteroatoms. The largest absolute Gasteiger partial charge is 0.366 e. The van der Waals surface area contributed by atoms with E-state index in [4.69, 9.17) is 5.73 Å². The van der Waals surface area contributed by atoms with E-state index in [0.29, 0.717) is 11.1 Å². The molecule has 2 aromatic rings. The van der Waals surface area contributed by atoms with Gasteiger partial charge < -0.3 is 5.73 Å². The number of aromatic nitrogens is 1. The quantitative estimate of drug-likeness (QED) is 0.822. The number of rotatable bonds is 1. The molecule has 0 saturated heterocycles. The van der Waals surface area contributed by atoms with Gasteiger partial charge >= 0.3 is 0 Å². The van der Waals surface area contributed by atoms with Crippen LogP contribution in [0.3, 0.4) is 0 Å². The predicted octanol–water partition coefficient (Wildman–Crippen LogP) is 2.34. The molecule has 0 unspecified atom stereocenters. The number of hydrogen-bond acceptors (Lipinski definition) is 2. The molecule has 1 amide bonds. The third-order valence-corrected chi connectivity index (χ3v) is 2.75. The first-order valence-corrected chi connectivity index (χ1v) is 5.97. The average molecular weight is 301 g/mol. The third kappa shape index (κ3) is 3.19. The van der Waals surface area contributed by atoms with Crippen molar-refractivity contribution in [3.8, 4) is 11.8 Å². The second-order valence-electron chi connectivity index (χ2n) is 3.58. The lowest BCUT2D eigenvalue weighted by Crippen LogP contribution is -2.11. The van der Waals surface area contributed by atoms with Gasteiger partial charge in [0.05, 0.1) is 5.56 Å². The Balaban J connectivity index is 2.27.